The van der Waals surface area contributed by atoms with E-state index in [4.69, 9.17) is 12.2 Å². The maximum Gasteiger partial charge on any atom is 0.293 e. The molecule has 4 amide bonds. The summed E-state index contributed by atoms with van der Waals surface area (Å²) in [5.74, 6) is -6.91. The van der Waals surface area contributed by atoms with E-state index in [1.807, 2.05) is 21.9 Å². The maximum absolute atomic E-state index is 13.4. The van der Waals surface area contributed by atoms with Gasteiger partial charge in [-0.05, 0) is 66.5 Å². The van der Waals surface area contributed by atoms with Crippen molar-refractivity contribution in [1.82, 2.24) is 49.3 Å². The van der Waals surface area contributed by atoms with E-state index in [0.717, 1.165) is 23.8 Å². The molecule has 1 aromatic carbocycles. The van der Waals surface area contributed by atoms with Crippen molar-refractivity contribution in [2.75, 3.05) is 91.9 Å². The molecule has 0 radical (unpaired) electrons. The predicted molar refractivity (Wildman–Crippen MR) is 288 cm³/mol. The minimum atomic E-state index is -0.895. The Kier molecular flexibility index (Phi) is 23.8. The number of aliphatic hydroxyl groups excluding tert-OH is 4. The number of isothiocyanates is 1. The minimum Gasteiger partial charge on any atom is -0.502 e. The summed E-state index contributed by atoms with van der Waals surface area (Å²) in [5.41, 5.74) is -3.54. The van der Waals surface area contributed by atoms with Crippen molar-refractivity contribution >= 4 is 46.7 Å². The third-order valence-corrected chi connectivity index (χ3v) is 12.5. The van der Waals surface area contributed by atoms with Crippen LogP contribution in [0.4, 0.5) is 5.69 Å². The first-order valence-electron chi connectivity index (χ1n) is 24.8. The van der Waals surface area contributed by atoms with E-state index < -0.39 is 101 Å². The number of carbonyl (C=O) groups is 4. The Hall–Kier alpha value is -8.34. The molecule has 0 fully saturated rings. The monoisotopic (exact) mass is 1120 g/mol. The van der Waals surface area contributed by atoms with Gasteiger partial charge in [0.05, 0.1) is 59.5 Å². The van der Waals surface area contributed by atoms with Crippen molar-refractivity contribution in [3.05, 3.63) is 143 Å². The van der Waals surface area contributed by atoms with E-state index in [9.17, 15) is 79.2 Å². The summed E-state index contributed by atoms with van der Waals surface area (Å²) in [4.78, 5) is 112. The smallest absolute Gasteiger partial charge is 0.293 e. The number of aromatic nitrogens is 4. The van der Waals surface area contributed by atoms with Gasteiger partial charge in [0.2, 0.25) is 0 Å². The molecule has 0 aliphatic heterocycles. The molecule has 4 heterocycles. The number of carbonyl (C=O) groups excluding carboxylic acids is 4. The first-order valence-corrected chi connectivity index (χ1v) is 25.2. The quantitative estimate of drug-likeness (QED) is 0.0159. The topological polar surface area (TPSA) is 385 Å². The Bertz CT molecular complexity index is 2870. The molecule has 0 aliphatic rings. The number of rotatable bonds is 31. The Labute approximate surface area is 455 Å². The number of hydrogen-bond acceptors (Lipinski definition) is 20. The van der Waals surface area contributed by atoms with Crippen molar-refractivity contribution in [2.45, 2.75) is 32.6 Å². The molecule has 0 saturated carbocycles. The lowest BCUT2D eigenvalue weighted by Crippen LogP contribution is -2.46. The minimum absolute atomic E-state index is 0.0800. The van der Waals surface area contributed by atoms with E-state index in [1.54, 1.807) is 12.1 Å². The number of hydrogen-bond donors (Lipinski definition) is 12. The van der Waals surface area contributed by atoms with E-state index in [0.29, 0.717) is 12.1 Å². The zero-order valence-electron chi connectivity index (χ0n) is 42.8. The van der Waals surface area contributed by atoms with Crippen LogP contribution in [-0.4, -0.2) is 190 Å². The van der Waals surface area contributed by atoms with Gasteiger partial charge in [0, 0.05) is 116 Å². The van der Waals surface area contributed by atoms with Crippen LogP contribution < -0.4 is 43.5 Å². The molecule has 5 rings (SSSR count). The van der Waals surface area contributed by atoms with Gasteiger partial charge in [-0.2, -0.15) is 4.99 Å². The normalized spacial score (nSPS) is 11.2. The van der Waals surface area contributed by atoms with Crippen molar-refractivity contribution < 1.29 is 60.0 Å². The molecule has 0 bridgehead atoms. The number of benzene rings is 1. The average Bonchev–Trinajstić information content (AvgIpc) is 3.43. The van der Waals surface area contributed by atoms with Crippen LogP contribution in [0.5, 0.6) is 23.0 Å². The van der Waals surface area contributed by atoms with Gasteiger partial charge in [-0.1, -0.05) is 12.1 Å². The van der Waals surface area contributed by atoms with Gasteiger partial charge in [0.1, 0.15) is 0 Å². The summed E-state index contributed by atoms with van der Waals surface area (Å²) < 4.78 is 4.13. The molecule has 27 nitrogen and oxygen atoms in total. The van der Waals surface area contributed by atoms with Gasteiger partial charge in [0.15, 0.2) is 23.0 Å². The first-order chi connectivity index (χ1) is 38.0. The first kappa shape index (κ1) is 61.5. The van der Waals surface area contributed by atoms with Crippen LogP contribution >= 0.6 is 12.2 Å². The fourth-order valence-corrected chi connectivity index (χ4v) is 8.51. The number of aliphatic imine (C=N–C) groups is 1. The number of aromatic hydroxyl groups is 4. The second-order valence-corrected chi connectivity index (χ2v) is 17.9. The van der Waals surface area contributed by atoms with Crippen LogP contribution in [0.1, 0.15) is 47.0 Å². The molecule has 5 aromatic rings. The summed E-state index contributed by atoms with van der Waals surface area (Å²) in [6.07, 6.45) is 5.35. The zero-order valence-corrected chi connectivity index (χ0v) is 43.6. The molecule has 0 atom stereocenters. The van der Waals surface area contributed by atoms with Crippen molar-refractivity contribution in [2.24, 2.45) is 10.9 Å². The number of nitrogens with zero attached hydrogens (tertiary/aromatic N) is 7. The highest BCUT2D eigenvalue weighted by atomic mass is 32.1. The lowest BCUT2D eigenvalue weighted by molar-refractivity contribution is 0.0931. The molecule has 0 saturated heterocycles. The zero-order chi connectivity index (χ0) is 57.6. The van der Waals surface area contributed by atoms with Crippen molar-refractivity contribution in [1.29, 1.82) is 0 Å². The molecule has 424 valence electrons. The molecule has 12 N–H and O–H groups in total. The molecule has 79 heavy (non-hydrogen) atoms. The SMILES string of the molecule is O=C(NCCN(CCNC(=O)c1ccn(CCO)c(=O)c1O)CC(Cc1ccc(N=C=S)cc1)CN(CCNC(=O)c1ccn(CCO)c(=O)c1O)CCNC(=O)c1ccn(CCO)c(=O)c1O)c1ccn(CCO)c(=O)c1O. The van der Waals surface area contributed by atoms with Crippen LogP contribution in [0, 0.1) is 5.92 Å². The Balaban J connectivity index is 1.45. The highest BCUT2D eigenvalue weighted by Crippen LogP contribution is 2.19. The lowest BCUT2D eigenvalue weighted by atomic mass is 9.97. The Morgan fingerprint density at radius 2 is 0.759 bits per heavy atom. The predicted octanol–water partition coefficient (Wildman–Crippen LogP) is -2.66. The van der Waals surface area contributed by atoms with Crippen molar-refractivity contribution in [3.8, 4) is 23.0 Å². The van der Waals surface area contributed by atoms with E-state index in [1.165, 1.54) is 49.1 Å². The van der Waals surface area contributed by atoms with Gasteiger partial charge in [0.25, 0.3) is 45.9 Å². The summed E-state index contributed by atoms with van der Waals surface area (Å²) in [6, 6.07) is 12.0. The van der Waals surface area contributed by atoms with Crippen molar-refractivity contribution in [3.63, 3.8) is 0 Å². The van der Waals surface area contributed by atoms with Crippen LogP contribution in [0.25, 0.3) is 0 Å². The maximum atomic E-state index is 13.4. The van der Waals surface area contributed by atoms with Crippen LogP contribution in [0.2, 0.25) is 0 Å². The largest absolute Gasteiger partial charge is 0.502 e. The molecular formula is C51H63N11O16S. The molecular weight excluding hydrogens is 1050 g/mol. The second kappa shape index (κ2) is 30.6. The third kappa shape index (κ3) is 17.1. The lowest BCUT2D eigenvalue weighted by Gasteiger charge is -2.32. The van der Waals surface area contributed by atoms with Gasteiger partial charge in [-0.3, -0.25) is 48.2 Å². The van der Waals surface area contributed by atoms with Gasteiger partial charge < -0.3 is 80.4 Å². The molecule has 0 spiro atoms. The highest BCUT2D eigenvalue weighted by molar-refractivity contribution is 7.78. The van der Waals surface area contributed by atoms with E-state index in [2.05, 4.69) is 31.4 Å². The fraction of sp³-hybridized carbons (Fsp3) is 0.392. The molecule has 4 aromatic heterocycles. The summed E-state index contributed by atoms with van der Waals surface area (Å²) in [5, 5.41) is 92.8. The van der Waals surface area contributed by atoms with Gasteiger partial charge >= 0.3 is 0 Å². The standard InChI is InChI=1S/C51H63N11O16S/c63-25-21-59-13-5-36(40(67)48(59)75)44(71)52-9-17-57(18-10-53-45(72)37-6-14-60(22-26-64)49(76)41(37)68)30-34(29-33-1-3-35(4-2-33)56-32-79)31-58(19-11-54-46(73)38-7-15-61(23-27-65)50(77)42(38)69)20-12-55-47(74)39-8-16-62(24-28-66)51(78)43(39)70/h1-8,13-16,34,63-70H,9-12,17-31H2,(H,52,71)(H,53,72)(H,54,73)(H,55,74). The number of pyridine rings is 4. The summed E-state index contributed by atoms with van der Waals surface area (Å²) in [7, 11) is 0. The van der Waals surface area contributed by atoms with Gasteiger partial charge in [-0.25, -0.2) is 0 Å². The average molecular weight is 1120 g/mol. The fourth-order valence-electron chi connectivity index (χ4n) is 8.41. The number of aliphatic hydroxyl groups is 4. The summed E-state index contributed by atoms with van der Waals surface area (Å²) >= 11 is 4.78. The molecule has 0 unspecified atom stereocenters. The Morgan fingerprint density at radius 1 is 0.481 bits per heavy atom. The van der Waals surface area contributed by atoms with E-state index >= 15 is 0 Å². The molecule has 28 heteroatoms. The van der Waals surface area contributed by atoms with E-state index in [-0.39, 0.29) is 114 Å². The number of thiocarbonyl (C=S) groups is 1. The highest BCUT2D eigenvalue weighted by Gasteiger charge is 2.24. The number of amides is 4. The summed E-state index contributed by atoms with van der Waals surface area (Å²) in [6.45, 7) is -1.68. The second-order valence-electron chi connectivity index (χ2n) is 17.8. The number of nitrogens with one attached hydrogen (secondary N) is 4. The molecule has 0 aliphatic carbocycles. The van der Waals surface area contributed by atoms with Crippen LogP contribution in [0.3, 0.4) is 0 Å². The Morgan fingerprint density at radius 3 is 1.01 bits per heavy atom. The third-order valence-electron chi connectivity index (χ3n) is 12.4. The van der Waals surface area contributed by atoms with Crippen LogP contribution in [-0.2, 0) is 32.6 Å². The van der Waals surface area contributed by atoms with Gasteiger partial charge in [-0.15, -0.1) is 0 Å². The van der Waals surface area contributed by atoms with Crippen LogP contribution in [0.15, 0.2) is 97.5 Å².